The second-order valence-corrected chi connectivity index (χ2v) is 10.7. The van der Waals surface area contributed by atoms with Gasteiger partial charge >= 0.3 is 5.69 Å². The lowest BCUT2D eigenvalue weighted by Gasteiger charge is -2.20. The van der Waals surface area contributed by atoms with E-state index in [1.807, 2.05) is 31.2 Å². The molecule has 4 aromatic rings. The SMILES string of the molecule is C[C@H](N)CCCc1cc(Cl)c(F)c(-c2cc3cn(-c4ccc([C@@H]5CCOC[C@@H](CO)N5)cc4)c(=O)nc3[nH]2)c1. The maximum atomic E-state index is 15.0. The molecule has 1 fully saturated rings. The molecule has 3 atom stereocenters. The average Bonchev–Trinajstić information content (AvgIpc) is 3.17. The van der Waals surface area contributed by atoms with E-state index in [0.29, 0.717) is 41.2 Å². The van der Waals surface area contributed by atoms with Gasteiger partial charge in [-0.3, -0.25) is 4.57 Å². The van der Waals surface area contributed by atoms with Crippen LogP contribution in [0.4, 0.5) is 4.39 Å². The molecule has 0 radical (unpaired) electrons. The third-order valence-electron chi connectivity index (χ3n) is 7.11. The largest absolute Gasteiger partial charge is 0.395 e. The van der Waals surface area contributed by atoms with Crippen molar-refractivity contribution < 1.29 is 14.2 Å². The second-order valence-electron chi connectivity index (χ2n) is 10.2. The fraction of sp³-hybridized carbons (Fsp3) is 0.379. The number of benzene rings is 2. The summed E-state index contributed by atoms with van der Waals surface area (Å²) in [5.41, 5.74) is 9.24. The van der Waals surface area contributed by atoms with Crippen LogP contribution in [0.25, 0.3) is 28.0 Å². The van der Waals surface area contributed by atoms with Crippen LogP contribution in [0.5, 0.6) is 0 Å². The van der Waals surface area contributed by atoms with Crippen LogP contribution in [0.1, 0.15) is 43.4 Å². The van der Waals surface area contributed by atoms with Crippen molar-refractivity contribution in [2.45, 2.75) is 50.7 Å². The van der Waals surface area contributed by atoms with Gasteiger partial charge in [-0.05, 0) is 74.1 Å². The number of hydrogen-bond acceptors (Lipinski definition) is 6. The van der Waals surface area contributed by atoms with Crippen LogP contribution in [-0.4, -0.2) is 51.5 Å². The quantitative estimate of drug-likeness (QED) is 0.259. The van der Waals surface area contributed by atoms with Crippen molar-refractivity contribution in [1.82, 2.24) is 19.9 Å². The molecule has 0 saturated carbocycles. The molecule has 10 heteroatoms. The molecule has 206 valence electrons. The minimum atomic E-state index is -0.522. The predicted octanol–water partition coefficient (Wildman–Crippen LogP) is 4.26. The van der Waals surface area contributed by atoms with Gasteiger partial charge in [-0.25, -0.2) is 9.18 Å². The average molecular weight is 554 g/mol. The molecule has 8 nitrogen and oxygen atoms in total. The van der Waals surface area contributed by atoms with E-state index in [2.05, 4.69) is 15.3 Å². The van der Waals surface area contributed by atoms with Crippen LogP contribution in [-0.2, 0) is 11.2 Å². The first kappa shape index (κ1) is 27.5. The highest BCUT2D eigenvalue weighted by Crippen LogP contribution is 2.31. The van der Waals surface area contributed by atoms with Crippen molar-refractivity contribution in [2.24, 2.45) is 5.73 Å². The number of nitrogens with one attached hydrogen (secondary N) is 2. The number of ether oxygens (including phenoxy) is 1. The lowest BCUT2D eigenvalue weighted by atomic mass is 10.0. The van der Waals surface area contributed by atoms with E-state index in [9.17, 15) is 9.90 Å². The van der Waals surface area contributed by atoms with Crippen LogP contribution in [0.15, 0.2) is 53.5 Å². The molecule has 39 heavy (non-hydrogen) atoms. The Morgan fingerprint density at radius 1 is 1.28 bits per heavy atom. The van der Waals surface area contributed by atoms with Crippen molar-refractivity contribution in [3.63, 3.8) is 0 Å². The van der Waals surface area contributed by atoms with Crippen LogP contribution >= 0.6 is 11.6 Å². The molecule has 0 amide bonds. The number of aliphatic hydroxyl groups excluding tert-OH is 1. The number of rotatable bonds is 8. The summed E-state index contributed by atoms with van der Waals surface area (Å²) in [6, 6.07) is 12.9. The maximum absolute atomic E-state index is 15.0. The summed E-state index contributed by atoms with van der Waals surface area (Å²) in [7, 11) is 0. The Morgan fingerprint density at radius 3 is 2.82 bits per heavy atom. The van der Waals surface area contributed by atoms with Gasteiger partial charge in [0.15, 0.2) is 5.82 Å². The first-order valence-electron chi connectivity index (χ1n) is 13.2. The number of aromatic amines is 1. The van der Waals surface area contributed by atoms with Gasteiger partial charge < -0.3 is 25.9 Å². The molecule has 1 aliphatic rings. The summed E-state index contributed by atoms with van der Waals surface area (Å²) in [6.07, 6.45) is 4.95. The summed E-state index contributed by atoms with van der Waals surface area (Å²) < 4.78 is 22.1. The lowest BCUT2D eigenvalue weighted by Crippen LogP contribution is -2.36. The van der Waals surface area contributed by atoms with Crippen LogP contribution in [0, 0.1) is 5.82 Å². The zero-order chi connectivity index (χ0) is 27.5. The number of H-pyrrole nitrogens is 1. The minimum absolute atomic E-state index is 0.00226. The summed E-state index contributed by atoms with van der Waals surface area (Å²) >= 11 is 6.23. The first-order chi connectivity index (χ1) is 18.8. The van der Waals surface area contributed by atoms with E-state index in [0.717, 1.165) is 36.8 Å². The Hall–Kier alpha value is -3.08. The van der Waals surface area contributed by atoms with Gasteiger partial charge in [-0.1, -0.05) is 23.7 Å². The van der Waals surface area contributed by atoms with E-state index in [1.54, 1.807) is 24.4 Å². The van der Waals surface area contributed by atoms with E-state index in [4.69, 9.17) is 22.1 Å². The summed E-state index contributed by atoms with van der Waals surface area (Å²) in [5.74, 6) is -0.522. The highest BCUT2D eigenvalue weighted by molar-refractivity contribution is 6.31. The third kappa shape index (κ3) is 6.23. The van der Waals surface area contributed by atoms with E-state index >= 15 is 4.39 Å². The highest BCUT2D eigenvalue weighted by atomic mass is 35.5. The second kappa shape index (κ2) is 12.0. The summed E-state index contributed by atoms with van der Waals surface area (Å²) in [4.78, 5) is 20.2. The number of fused-ring (bicyclic) bond motifs is 1. The number of halogens is 2. The predicted molar refractivity (Wildman–Crippen MR) is 151 cm³/mol. The Kier molecular flexibility index (Phi) is 8.44. The van der Waals surface area contributed by atoms with Crippen molar-refractivity contribution in [1.29, 1.82) is 0 Å². The fourth-order valence-electron chi connectivity index (χ4n) is 5.02. The molecule has 5 rings (SSSR count). The van der Waals surface area contributed by atoms with E-state index in [-0.39, 0.29) is 29.8 Å². The first-order valence-corrected chi connectivity index (χ1v) is 13.6. The molecular weight excluding hydrogens is 521 g/mol. The molecule has 2 aromatic heterocycles. The number of nitrogens with two attached hydrogens (primary N) is 1. The van der Waals surface area contributed by atoms with Crippen molar-refractivity contribution >= 4 is 22.6 Å². The highest BCUT2D eigenvalue weighted by Gasteiger charge is 2.21. The molecule has 0 bridgehead atoms. The molecule has 0 unspecified atom stereocenters. The van der Waals surface area contributed by atoms with Gasteiger partial charge in [-0.2, -0.15) is 4.98 Å². The number of nitrogens with zero attached hydrogens (tertiary/aromatic N) is 2. The number of aryl methyl sites for hydroxylation is 1. The summed E-state index contributed by atoms with van der Waals surface area (Å²) in [6.45, 7) is 3.04. The zero-order valence-corrected chi connectivity index (χ0v) is 22.5. The molecule has 3 heterocycles. The Morgan fingerprint density at radius 2 is 2.08 bits per heavy atom. The lowest BCUT2D eigenvalue weighted by molar-refractivity contribution is 0.109. The molecule has 0 spiro atoms. The van der Waals surface area contributed by atoms with Crippen molar-refractivity contribution in [3.8, 4) is 16.9 Å². The van der Waals surface area contributed by atoms with E-state index < -0.39 is 11.5 Å². The Balaban J connectivity index is 1.42. The van der Waals surface area contributed by atoms with Crippen molar-refractivity contribution in [2.75, 3.05) is 19.8 Å². The Labute approximate surface area is 231 Å². The molecule has 1 saturated heterocycles. The zero-order valence-electron chi connectivity index (χ0n) is 21.8. The van der Waals surface area contributed by atoms with Gasteiger partial charge in [-0.15, -0.1) is 0 Å². The van der Waals surface area contributed by atoms with Gasteiger partial charge in [0.1, 0.15) is 5.65 Å². The van der Waals surface area contributed by atoms with Gasteiger partial charge in [0, 0.05) is 35.8 Å². The smallest absolute Gasteiger partial charge is 0.354 e. The monoisotopic (exact) mass is 553 g/mol. The van der Waals surface area contributed by atoms with Gasteiger partial charge in [0.25, 0.3) is 0 Å². The fourth-order valence-corrected chi connectivity index (χ4v) is 5.26. The van der Waals surface area contributed by atoms with Gasteiger partial charge in [0.05, 0.1) is 35.7 Å². The maximum Gasteiger partial charge on any atom is 0.354 e. The number of aliphatic hydroxyl groups is 1. The van der Waals surface area contributed by atoms with Crippen LogP contribution in [0.3, 0.4) is 0 Å². The van der Waals surface area contributed by atoms with Gasteiger partial charge in [0.2, 0.25) is 0 Å². The van der Waals surface area contributed by atoms with E-state index in [1.165, 1.54) is 4.57 Å². The topological polar surface area (TPSA) is 118 Å². The minimum Gasteiger partial charge on any atom is -0.395 e. The molecule has 5 N–H and O–H groups in total. The molecule has 1 aliphatic heterocycles. The normalized spacial score (nSPS) is 18.8. The number of hydrogen-bond donors (Lipinski definition) is 4. The Bertz CT molecular complexity index is 1500. The molecule has 0 aliphatic carbocycles. The molecule has 2 aromatic carbocycles. The number of aromatic nitrogens is 3. The standard InChI is InChI=1S/C29H33ClFN5O3/c1-17(32)3-2-4-18-11-23(27(31)24(30)12-18)26-13-20-14-36(29(38)35-28(20)34-26)22-7-5-19(6-8-22)25-9-10-39-16-21(15-37)33-25/h5-8,11-14,17,21,25,33,37H,2-4,9-10,15-16,32H2,1H3,(H,34,35,38)/t17-,21+,25-/m0/s1. The third-order valence-corrected chi connectivity index (χ3v) is 7.39. The van der Waals surface area contributed by atoms with Crippen molar-refractivity contribution in [3.05, 3.63) is 81.1 Å². The van der Waals surface area contributed by atoms with Crippen LogP contribution in [0.2, 0.25) is 5.02 Å². The summed E-state index contributed by atoms with van der Waals surface area (Å²) in [5, 5.41) is 13.7. The molecular formula is C29H33ClFN5O3. The van der Waals surface area contributed by atoms with Crippen LogP contribution < -0.4 is 16.7 Å².